The molecule has 1 aromatic heterocycles. The van der Waals surface area contributed by atoms with Crippen molar-refractivity contribution in [3.8, 4) is 0 Å². The quantitative estimate of drug-likeness (QED) is 0.313. The molecule has 0 aromatic carbocycles. The molecule has 12 heavy (non-hydrogen) atoms. The molecule has 1 amide bonds. The number of hydrogen-bond acceptors (Lipinski definition) is 5. The molecule has 0 aliphatic rings. The molecule has 0 saturated carbocycles. The van der Waals surface area contributed by atoms with Crippen LogP contribution in [0, 0.1) is 10.1 Å². The Morgan fingerprint density at radius 1 is 1.83 bits per heavy atom. The smallest absolute Gasteiger partial charge is 0.353 e. The molecule has 1 heterocycles. The van der Waals surface area contributed by atoms with Crippen LogP contribution in [-0.4, -0.2) is 26.0 Å². The van der Waals surface area contributed by atoms with Gasteiger partial charge in [0.15, 0.2) is 6.33 Å². The van der Waals surface area contributed by atoms with Crippen molar-refractivity contribution in [3.63, 3.8) is 0 Å². The molecule has 1 aromatic rings. The molecule has 0 spiro atoms. The molecule has 0 aliphatic heterocycles. The lowest BCUT2D eigenvalue weighted by Gasteiger charge is -1.93. The van der Waals surface area contributed by atoms with Gasteiger partial charge in [-0.15, -0.1) is 0 Å². The fourth-order valence-electron chi connectivity index (χ4n) is 0.646. The van der Waals surface area contributed by atoms with Gasteiger partial charge in [0.25, 0.3) is 0 Å². The minimum atomic E-state index is -1.03. The number of amides is 1. The third-order valence-electron chi connectivity index (χ3n) is 1.12. The Kier molecular flexibility index (Phi) is 2.01. The van der Waals surface area contributed by atoms with E-state index in [1.54, 1.807) is 0 Å². The number of aromatic nitrogens is 2. The van der Waals surface area contributed by atoms with Gasteiger partial charge in [-0.05, 0) is 4.92 Å². The lowest BCUT2D eigenvalue weighted by atomic mass is 10.4. The van der Waals surface area contributed by atoms with E-state index in [9.17, 15) is 14.9 Å². The molecule has 0 aliphatic carbocycles. The second kappa shape index (κ2) is 2.96. The van der Waals surface area contributed by atoms with Gasteiger partial charge in [0.05, 0.1) is 0 Å². The molecule has 0 bridgehead atoms. The number of H-pyrrole nitrogens is 1. The van der Waals surface area contributed by atoms with Gasteiger partial charge in [-0.2, -0.15) is 0 Å². The van der Waals surface area contributed by atoms with Crippen molar-refractivity contribution in [1.82, 2.24) is 15.4 Å². The van der Waals surface area contributed by atoms with Crippen LogP contribution < -0.4 is 5.48 Å². The summed E-state index contributed by atoms with van der Waals surface area (Å²) in [7, 11) is 0. The third kappa shape index (κ3) is 1.22. The maximum atomic E-state index is 10.7. The van der Waals surface area contributed by atoms with Gasteiger partial charge in [0.1, 0.15) is 0 Å². The second-order valence-electron chi connectivity index (χ2n) is 1.80. The zero-order valence-electron chi connectivity index (χ0n) is 5.64. The number of hydroxylamine groups is 1. The van der Waals surface area contributed by atoms with Gasteiger partial charge in [0, 0.05) is 0 Å². The summed E-state index contributed by atoms with van der Waals surface area (Å²) in [5, 5.41) is 18.3. The number of nitrogens with zero attached hydrogens (tertiary/aromatic N) is 2. The van der Waals surface area contributed by atoms with E-state index in [2.05, 4.69) is 9.97 Å². The standard InChI is InChI=1S/C4H4N4O4/c9-4(7-10)2-3(8(11)12)6-1-5-2/h1,10H,(H,5,6)(H,7,9). The SMILES string of the molecule is O=C(NO)c1nc[nH]c1[N+](=O)[O-]. The number of nitrogens with one attached hydrogen (secondary N) is 2. The number of rotatable bonds is 2. The predicted octanol–water partition coefficient (Wildman–Crippen LogP) is -0.563. The van der Waals surface area contributed by atoms with Crippen molar-refractivity contribution < 1.29 is 14.9 Å². The highest BCUT2D eigenvalue weighted by Gasteiger charge is 2.21. The van der Waals surface area contributed by atoms with Crippen molar-refractivity contribution in [2.24, 2.45) is 0 Å². The van der Waals surface area contributed by atoms with Crippen LogP contribution in [0.25, 0.3) is 0 Å². The molecule has 64 valence electrons. The molecule has 0 saturated heterocycles. The van der Waals surface area contributed by atoms with Gasteiger partial charge in [-0.1, -0.05) is 0 Å². The van der Waals surface area contributed by atoms with Crippen LogP contribution in [0.5, 0.6) is 0 Å². The first kappa shape index (κ1) is 8.14. The molecular formula is C4H4N4O4. The average Bonchev–Trinajstić information content (AvgIpc) is 2.50. The van der Waals surface area contributed by atoms with Gasteiger partial charge in [-0.3, -0.25) is 10.0 Å². The molecule has 0 unspecified atom stereocenters. The number of hydrogen-bond donors (Lipinski definition) is 3. The lowest BCUT2D eigenvalue weighted by Crippen LogP contribution is -2.20. The van der Waals surface area contributed by atoms with Crippen LogP contribution in [-0.2, 0) is 0 Å². The molecule has 0 atom stereocenters. The maximum Gasteiger partial charge on any atom is 0.353 e. The molecule has 0 fully saturated rings. The van der Waals surface area contributed by atoms with E-state index in [1.807, 2.05) is 0 Å². The topological polar surface area (TPSA) is 121 Å². The summed E-state index contributed by atoms with van der Waals surface area (Å²) in [5.74, 6) is -1.58. The fraction of sp³-hybridized carbons (Fsp3) is 0. The molecular weight excluding hydrogens is 168 g/mol. The minimum Gasteiger partial charge on any atom is -0.358 e. The summed E-state index contributed by atoms with van der Waals surface area (Å²) in [4.78, 5) is 25.5. The summed E-state index contributed by atoms with van der Waals surface area (Å²) < 4.78 is 0. The van der Waals surface area contributed by atoms with E-state index in [4.69, 9.17) is 5.21 Å². The summed E-state index contributed by atoms with van der Waals surface area (Å²) in [6.45, 7) is 0. The Morgan fingerprint density at radius 3 is 3.00 bits per heavy atom. The number of aromatic amines is 1. The van der Waals surface area contributed by atoms with Crippen LogP contribution in [0.15, 0.2) is 6.33 Å². The van der Waals surface area contributed by atoms with E-state index in [-0.39, 0.29) is 0 Å². The first-order chi connectivity index (χ1) is 5.66. The van der Waals surface area contributed by atoms with Crippen molar-refractivity contribution in [3.05, 3.63) is 22.1 Å². The summed E-state index contributed by atoms with van der Waals surface area (Å²) in [5.41, 5.74) is 0.781. The molecule has 8 heteroatoms. The summed E-state index contributed by atoms with van der Waals surface area (Å²) in [6, 6.07) is 0. The first-order valence-corrected chi connectivity index (χ1v) is 2.79. The van der Waals surface area contributed by atoms with E-state index in [0.29, 0.717) is 0 Å². The summed E-state index contributed by atoms with van der Waals surface area (Å²) >= 11 is 0. The largest absolute Gasteiger partial charge is 0.358 e. The van der Waals surface area contributed by atoms with Gasteiger partial charge < -0.3 is 10.1 Å². The highest BCUT2D eigenvalue weighted by atomic mass is 16.6. The Labute approximate surface area is 65.3 Å². The van der Waals surface area contributed by atoms with E-state index < -0.39 is 22.3 Å². The Morgan fingerprint density at radius 2 is 2.50 bits per heavy atom. The third-order valence-corrected chi connectivity index (χ3v) is 1.12. The van der Waals surface area contributed by atoms with E-state index in [1.165, 1.54) is 5.48 Å². The van der Waals surface area contributed by atoms with Crippen LogP contribution in [0.4, 0.5) is 5.82 Å². The second-order valence-corrected chi connectivity index (χ2v) is 1.80. The zero-order chi connectivity index (χ0) is 9.14. The van der Waals surface area contributed by atoms with Crippen molar-refractivity contribution in [2.45, 2.75) is 0 Å². The van der Waals surface area contributed by atoms with Crippen LogP contribution in [0.1, 0.15) is 10.5 Å². The average molecular weight is 172 g/mol. The molecule has 1 rings (SSSR count). The fourth-order valence-corrected chi connectivity index (χ4v) is 0.646. The van der Waals surface area contributed by atoms with Crippen molar-refractivity contribution in [2.75, 3.05) is 0 Å². The lowest BCUT2D eigenvalue weighted by molar-refractivity contribution is -0.389. The van der Waals surface area contributed by atoms with Crippen molar-refractivity contribution >= 4 is 11.7 Å². The Bertz CT molecular complexity index is 319. The Balaban J connectivity index is 3.07. The predicted molar refractivity (Wildman–Crippen MR) is 34.5 cm³/mol. The van der Waals surface area contributed by atoms with Gasteiger partial charge in [0.2, 0.25) is 5.69 Å². The minimum absolute atomic E-state index is 0.456. The molecule has 3 N–H and O–H groups in total. The van der Waals surface area contributed by atoms with Crippen LogP contribution >= 0.6 is 0 Å². The Hall–Kier alpha value is -1.96. The highest BCUT2D eigenvalue weighted by molar-refractivity contribution is 5.94. The molecule has 0 radical (unpaired) electrons. The van der Waals surface area contributed by atoms with Crippen molar-refractivity contribution in [1.29, 1.82) is 0 Å². The highest BCUT2D eigenvalue weighted by Crippen LogP contribution is 2.10. The van der Waals surface area contributed by atoms with Gasteiger partial charge in [-0.25, -0.2) is 15.4 Å². The molecule has 8 nitrogen and oxygen atoms in total. The monoisotopic (exact) mass is 172 g/mol. The number of imidazole rings is 1. The number of nitro groups is 1. The van der Waals surface area contributed by atoms with Gasteiger partial charge >= 0.3 is 11.7 Å². The normalized spacial score (nSPS) is 9.42. The van der Waals surface area contributed by atoms with E-state index in [0.717, 1.165) is 6.33 Å². The van der Waals surface area contributed by atoms with E-state index >= 15 is 0 Å². The zero-order valence-corrected chi connectivity index (χ0v) is 5.64. The number of carbonyl (C=O) groups is 1. The maximum absolute atomic E-state index is 10.7. The number of carbonyl (C=O) groups excluding carboxylic acids is 1. The van der Waals surface area contributed by atoms with Crippen LogP contribution in [0.3, 0.4) is 0 Å². The summed E-state index contributed by atoms with van der Waals surface area (Å²) in [6.07, 6.45) is 0.989. The first-order valence-electron chi connectivity index (χ1n) is 2.79. The van der Waals surface area contributed by atoms with Crippen LogP contribution in [0.2, 0.25) is 0 Å².